The Morgan fingerprint density at radius 2 is 2.30 bits per heavy atom. The van der Waals surface area contributed by atoms with Crippen LogP contribution in [0.15, 0.2) is 16.8 Å². The predicted molar refractivity (Wildman–Crippen MR) is 82.5 cm³/mol. The van der Waals surface area contributed by atoms with Gasteiger partial charge in [-0.1, -0.05) is 20.3 Å². The first kappa shape index (κ1) is 14.1. The highest BCUT2D eigenvalue weighted by atomic mass is 32.1. The number of hydrogen-bond acceptors (Lipinski definition) is 3. The van der Waals surface area contributed by atoms with Gasteiger partial charge in [0, 0.05) is 6.04 Å². The van der Waals surface area contributed by atoms with Gasteiger partial charge in [0.15, 0.2) is 0 Å². The largest absolute Gasteiger partial charge is 0.318 e. The second-order valence-electron chi connectivity index (χ2n) is 6.35. The van der Waals surface area contributed by atoms with Crippen molar-refractivity contribution in [3.8, 4) is 0 Å². The molecule has 4 heteroatoms. The van der Waals surface area contributed by atoms with Crippen LogP contribution < -0.4 is 5.32 Å². The van der Waals surface area contributed by atoms with Crippen molar-refractivity contribution < 1.29 is 4.79 Å². The summed E-state index contributed by atoms with van der Waals surface area (Å²) >= 11 is 1.70. The molecular weight excluding hydrogens is 268 g/mol. The van der Waals surface area contributed by atoms with Crippen LogP contribution in [0.3, 0.4) is 0 Å². The number of amides is 1. The summed E-state index contributed by atoms with van der Waals surface area (Å²) in [6, 6.07) is 2.59. The molecule has 0 aromatic carbocycles. The molecule has 2 aliphatic rings. The summed E-state index contributed by atoms with van der Waals surface area (Å²) in [5.41, 5.74) is 0.842. The smallest absolute Gasteiger partial charge is 0.244 e. The summed E-state index contributed by atoms with van der Waals surface area (Å²) in [7, 11) is 0. The molecule has 0 bridgehead atoms. The molecule has 1 aliphatic heterocycles. The number of carbonyl (C=O) groups is 1. The minimum atomic E-state index is -0.397. The summed E-state index contributed by atoms with van der Waals surface area (Å²) in [5.74, 6) is 1.01. The second kappa shape index (κ2) is 5.15. The number of rotatable bonds is 5. The SMILES string of the molecule is CCCC1CC1N1C(=O)C(C)(CC)NC1c1ccsc1. The average molecular weight is 292 g/mol. The molecule has 20 heavy (non-hydrogen) atoms. The van der Waals surface area contributed by atoms with Crippen molar-refractivity contribution in [1.29, 1.82) is 0 Å². The average Bonchev–Trinajstić information content (AvgIpc) is 2.90. The van der Waals surface area contributed by atoms with Crippen LogP contribution in [-0.2, 0) is 4.79 Å². The van der Waals surface area contributed by atoms with Crippen molar-refractivity contribution in [3.63, 3.8) is 0 Å². The van der Waals surface area contributed by atoms with Gasteiger partial charge >= 0.3 is 0 Å². The van der Waals surface area contributed by atoms with Crippen molar-refractivity contribution in [3.05, 3.63) is 22.4 Å². The first-order chi connectivity index (χ1) is 9.60. The van der Waals surface area contributed by atoms with Gasteiger partial charge in [0.2, 0.25) is 5.91 Å². The second-order valence-corrected chi connectivity index (χ2v) is 7.13. The maximum absolute atomic E-state index is 12.9. The molecule has 3 rings (SSSR count). The molecule has 1 aromatic heterocycles. The molecule has 1 aliphatic carbocycles. The molecule has 1 aromatic rings. The van der Waals surface area contributed by atoms with E-state index in [0.29, 0.717) is 17.9 Å². The highest BCUT2D eigenvalue weighted by molar-refractivity contribution is 7.07. The third-order valence-electron chi connectivity index (χ3n) is 4.91. The molecule has 4 unspecified atom stereocenters. The van der Waals surface area contributed by atoms with Gasteiger partial charge in [-0.2, -0.15) is 11.3 Å². The van der Waals surface area contributed by atoms with Gasteiger partial charge in [0.1, 0.15) is 6.17 Å². The van der Waals surface area contributed by atoms with Crippen molar-refractivity contribution in [2.24, 2.45) is 5.92 Å². The number of thiophene rings is 1. The molecule has 110 valence electrons. The molecule has 1 N–H and O–H groups in total. The van der Waals surface area contributed by atoms with Crippen LogP contribution in [0, 0.1) is 5.92 Å². The fourth-order valence-corrected chi connectivity index (χ4v) is 4.04. The molecule has 4 atom stereocenters. The Bertz CT molecular complexity index is 487. The van der Waals surface area contributed by atoms with Crippen LogP contribution >= 0.6 is 11.3 Å². The molecule has 0 radical (unpaired) electrons. The quantitative estimate of drug-likeness (QED) is 0.900. The molecule has 1 amide bonds. The fraction of sp³-hybridized carbons (Fsp3) is 0.688. The van der Waals surface area contributed by atoms with Crippen LogP contribution in [0.4, 0.5) is 0 Å². The Morgan fingerprint density at radius 1 is 1.50 bits per heavy atom. The lowest BCUT2D eigenvalue weighted by molar-refractivity contribution is -0.133. The molecule has 1 saturated carbocycles. The van der Waals surface area contributed by atoms with Gasteiger partial charge in [0.25, 0.3) is 0 Å². The van der Waals surface area contributed by atoms with E-state index < -0.39 is 5.54 Å². The van der Waals surface area contributed by atoms with Gasteiger partial charge < -0.3 is 4.90 Å². The third kappa shape index (κ3) is 2.19. The van der Waals surface area contributed by atoms with Gasteiger partial charge in [-0.05, 0) is 54.5 Å². The monoisotopic (exact) mass is 292 g/mol. The lowest BCUT2D eigenvalue weighted by Crippen LogP contribution is -2.43. The molecule has 3 nitrogen and oxygen atoms in total. The van der Waals surface area contributed by atoms with E-state index in [2.05, 4.69) is 40.9 Å². The van der Waals surface area contributed by atoms with E-state index in [9.17, 15) is 4.79 Å². The van der Waals surface area contributed by atoms with E-state index in [1.165, 1.54) is 24.8 Å². The lowest BCUT2D eigenvalue weighted by Gasteiger charge is -2.24. The zero-order valence-electron chi connectivity index (χ0n) is 12.6. The number of carbonyl (C=O) groups excluding carboxylic acids is 1. The molecule has 1 saturated heterocycles. The maximum Gasteiger partial charge on any atom is 0.244 e. The molecule has 0 spiro atoms. The first-order valence-electron chi connectivity index (χ1n) is 7.73. The Balaban J connectivity index is 1.86. The van der Waals surface area contributed by atoms with Gasteiger partial charge in [-0.3, -0.25) is 10.1 Å². The van der Waals surface area contributed by atoms with E-state index >= 15 is 0 Å². The lowest BCUT2D eigenvalue weighted by atomic mass is 9.99. The number of nitrogens with zero attached hydrogens (tertiary/aromatic N) is 1. The number of nitrogens with one attached hydrogen (secondary N) is 1. The Hall–Kier alpha value is -0.870. The van der Waals surface area contributed by atoms with Crippen LogP contribution in [0.25, 0.3) is 0 Å². The number of hydrogen-bond donors (Lipinski definition) is 1. The van der Waals surface area contributed by atoms with Crippen LogP contribution in [0.2, 0.25) is 0 Å². The fourth-order valence-electron chi connectivity index (χ4n) is 3.36. The van der Waals surface area contributed by atoms with Crippen LogP contribution in [-0.4, -0.2) is 22.4 Å². The van der Waals surface area contributed by atoms with Crippen molar-refractivity contribution >= 4 is 17.2 Å². The van der Waals surface area contributed by atoms with Crippen molar-refractivity contribution in [1.82, 2.24) is 10.2 Å². The molecular formula is C16H24N2OS. The summed E-state index contributed by atoms with van der Waals surface area (Å²) < 4.78 is 0. The summed E-state index contributed by atoms with van der Waals surface area (Å²) in [5, 5.41) is 7.84. The first-order valence-corrected chi connectivity index (χ1v) is 8.67. The van der Waals surface area contributed by atoms with Crippen molar-refractivity contribution in [2.75, 3.05) is 0 Å². The van der Waals surface area contributed by atoms with E-state index in [4.69, 9.17) is 0 Å². The maximum atomic E-state index is 12.9. The minimum absolute atomic E-state index is 0.0746. The standard InChI is InChI=1S/C16H24N2OS/c1-4-6-11-9-13(11)18-14(12-7-8-20-10-12)17-16(3,5-2)15(18)19/h7-8,10-11,13-14,17H,4-6,9H2,1-3H3. The normalized spacial score (nSPS) is 36.6. The summed E-state index contributed by atoms with van der Waals surface area (Å²) in [4.78, 5) is 15.0. The Labute approximate surface area is 125 Å². The van der Waals surface area contributed by atoms with E-state index in [-0.39, 0.29) is 6.17 Å². The Kier molecular flexibility index (Phi) is 3.63. The highest BCUT2D eigenvalue weighted by Gasteiger charge is 2.55. The van der Waals surface area contributed by atoms with Crippen LogP contribution in [0.5, 0.6) is 0 Å². The topological polar surface area (TPSA) is 32.3 Å². The third-order valence-corrected chi connectivity index (χ3v) is 5.61. The zero-order valence-corrected chi connectivity index (χ0v) is 13.4. The highest BCUT2D eigenvalue weighted by Crippen LogP contribution is 2.46. The van der Waals surface area contributed by atoms with E-state index in [1.807, 2.05) is 6.92 Å². The molecule has 2 heterocycles. The summed E-state index contributed by atoms with van der Waals surface area (Å²) in [6.45, 7) is 6.37. The van der Waals surface area contributed by atoms with Gasteiger partial charge in [0.05, 0.1) is 5.54 Å². The van der Waals surface area contributed by atoms with Crippen LogP contribution in [0.1, 0.15) is 58.2 Å². The Morgan fingerprint density at radius 3 is 2.90 bits per heavy atom. The van der Waals surface area contributed by atoms with Crippen molar-refractivity contribution in [2.45, 2.75) is 64.2 Å². The molecule has 2 fully saturated rings. The van der Waals surface area contributed by atoms with E-state index in [0.717, 1.165) is 6.42 Å². The minimum Gasteiger partial charge on any atom is -0.318 e. The van der Waals surface area contributed by atoms with Gasteiger partial charge in [-0.25, -0.2) is 0 Å². The van der Waals surface area contributed by atoms with E-state index in [1.54, 1.807) is 11.3 Å². The summed E-state index contributed by atoms with van der Waals surface area (Å²) in [6.07, 6.45) is 4.56. The zero-order chi connectivity index (χ0) is 14.3. The predicted octanol–water partition coefficient (Wildman–Crippen LogP) is 3.54. The van der Waals surface area contributed by atoms with Gasteiger partial charge in [-0.15, -0.1) is 0 Å².